The average molecular weight is 243 g/mol. The summed E-state index contributed by atoms with van der Waals surface area (Å²) in [7, 11) is 0. The van der Waals surface area contributed by atoms with Crippen molar-refractivity contribution in [3.8, 4) is 5.75 Å². The van der Waals surface area contributed by atoms with Crippen LogP contribution < -0.4 is 10.5 Å². The number of rotatable bonds is 2. The number of allylic oxidation sites excluding steroid dienone is 2. The van der Waals surface area contributed by atoms with E-state index in [1.165, 1.54) is 0 Å². The molecule has 2 N–H and O–H groups in total. The molecule has 94 valence electrons. The molecule has 0 aromatic carbocycles. The molecule has 0 spiro atoms. The molecule has 0 unspecified atom stereocenters. The van der Waals surface area contributed by atoms with Gasteiger partial charge in [-0.2, -0.15) is 0 Å². The molecule has 0 amide bonds. The maximum atomic E-state index is 5.78. The van der Waals surface area contributed by atoms with Gasteiger partial charge in [-0.3, -0.25) is 4.99 Å². The first-order valence-electron chi connectivity index (χ1n) is 5.85. The second kappa shape index (κ2) is 5.04. The fraction of sp³-hybridized carbons (Fsp3) is 0.286. The third-order valence-electron chi connectivity index (χ3n) is 2.43. The summed E-state index contributed by atoms with van der Waals surface area (Å²) in [5, 5.41) is 0. The molecule has 2 rings (SSSR count). The molecule has 0 bridgehead atoms. The van der Waals surface area contributed by atoms with Crippen molar-refractivity contribution in [2.75, 3.05) is 12.3 Å². The zero-order valence-electron chi connectivity index (χ0n) is 10.6. The van der Waals surface area contributed by atoms with E-state index in [1.54, 1.807) is 18.3 Å². The molecule has 0 saturated carbocycles. The average Bonchev–Trinajstić information content (AvgIpc) is 2.28. The topological polar surface area (TPSA) is 60.5 Å². The van der Waals surface area contributed by atoms with Crippen LogP contribution in [0.25, 0.3) is 0 Å². The lowest BCUT2D eigenvalue weighted by Crippen LogP contribution is -2.13. The number of ether oxygens (including phenoxy) is 1. The van der Waals surface area contributed by atoms with Crippen molar-refractivity contribution in [1.82, 2.24) is 4.98 Å². The first-order valence-corrected chi connectivity index (χ1v) is 5.85. The normalized spacial score (nSPS) is 22.4. The molecule has 0 radical (unpaired) electrons. The van der Waals surface area contributed by atoms with Crippen molar-refractivity contribution in [3.05, 3.63) is 42.3 Å². The van der Waals surface area contributed by atoms with Gasteiger partial charge in [0.2, 0.25) is 0 Å². The molecule has 1 aliphatic heterocycles. The zero-order chi connectivity index (χ0) is 13.0. The summed E-state index contributed by atoms with van der Waals surface area (Å²) < 4.78 is 5.78. The number of aromatic nitrogens is 1. The van der Waals surface area contributed by atoms with E-state index in [1.807, 2.05) is 24.4 Å². The smallest absolute Gasteiger partial charge is 0.145 e. The molecule has 4 nitrogen and oxygen atoms in total. The fourth-order valence-electron chi connectivity index (χ4n) is 1.62. The summed E-state index contributed by atoms with van der Waals surface area (Å²) in [5.41, 5.74) is 5.41. The maximum Gasteiger partial charge on any atom is 0.145 e. The summed E-state index contributed by atoms with van der Waals surface area (Å²) in [6.45, 7) is 4.84. The Morgan fingerprint density at radius 2 is 2.17 bits per heavy atom. The molecule has 0 aliphatic carbocycles. The molecular formula is C14H17N3O. The molecule has 0 fully saturated rings. The zero-order valence-corrected chi connectivity index (χ0v) is 10.6. The first kappa shape index (κ1) is 12.4. The molecule has 2 heterocycles. The summed E-state index contributed by atoms with van der Waals surface area (Å²) in [6.07, 6.45) is 9.46. The number of nitrogen functional groups attached to an aromatic ring is 1. The van der Waals surface area contributed by atoms with E-state index >= 15 is 0 Å². The van der Waals surface area contributed by atoms with Gasteiger partial charge in [-0.05, 0) is 24.3 Å². The molecule has 0 saturated heterocycles. The Balaban J connectivity index is 2.21. The van der Waals surface area contributed by atoms with E-state index in [4.69, 9.17) is 10.5 Å². The van der Waals surface area contributed by atoms with Crippen LogP contribution in [-0.2, 0) is 0 Å². The van der Waals surface area contributed by atoms with Gasteiger partial charge in [0.05, 0.1) is 12.7 Å². The van der Waals surface area contributed by atoms with Crippen LogP contribution in [0.1, 0.15) is 13.8 Å². The van der Waals surface area contributed by atoms with Crippen LogP contribution in [0.5, 0.6) is 5.75 Å². The second-order valence-electron chi connectivity index (χ2n) is 4.79. The molecule has 0 atom stereocenters. The van der Waals surface area contributed by atoms with Crippen molar-refractivity contribution in [2.24, 2.45) is 10.4 Å². The van der Waals surface area contributed by atoms with Gasteiger partial charge in [0.25, 0.3) is 0 Å². The van der Waals surface area contributed by atoms with Crippen LogP contribution in [0, 0.1) is 5.41 Å². The lowest BCUT2D eigenvalue weighted by Gasteiger charge is -2.17. The predicted octanol–water partition coefficient (Wildman–Crippen LogP) is 2.59. The Morgan fingerprint density at radius 3 is 2.89 bits per heavy atom. The van der Waals surface area contributed by atoms with E-state index in [2.05, 4.69) is 23.8 Å². The standard InChI is InChI=1S/C14H17N3O/c1-14(2)8-11(4-3-7-16-10-14)18-12-5-6-13(15)17-9-12/h3-6,8-10H,7H2,1-2H3,(H2,15,17)/b4-3-,11-8+,16-10?. The Kier molecular flexibility index (Phi) is 3.46. The van der Waals surface area contributed by atoms with Gasteiger partial charge in [0, 0.05) is 11.6 Å². The van der Waals surface area contributed by atoms with Crippen LogP contribution in [0.4, 0.5) is 5.82 Å². The lowest BCUT2D eigenvalue weighted by molar-refractivity contribution is 0.431. The monoisotopic (exact) mass is 243 g/mol. The molecule has 1 aliphatic rings. The molecule has 1 aromatic heterocycles. The van der Waals surface area contributed by atoms with Crippen molar-refractivity contribution < 1.29 is 4.74 Å². The second-order valence-corrected chi connectivity index (χ2v) is 4.79. The highest BCUT2D eigenvalue weighted by atomic mass is 16.5. The number of anilines is 1. The van der Waals surface area contributed by atoms with Crippen LogP contribution in [0.2, 0.25) is 0 Å². The molecule has 1 aromatic rings. The van der Waals surface area contributed by atoms with Gasteiger partial charge in [0.1, 0.15) is 17.3 Å². The Morgan fingerprint density at radius 1 is 1.33 bits per heavy atom. The minimum absolute atomic E-state index is 0.124. The van der Waals surface area contributed by atoms with Gasteiger partial charge in [0.15, 0.2) is 0 Å². The van der Waals surface area contributed by atoms with E-state index < -0.39 is 0 Å². The van der Waals surface area contributed by atoms with Crippen LogP contribution in [0.3, 0.4) is 0 Å². The minimum atomic E-state index is -0.124. The Bertz CT molecular complexity index is 498. The number of aliphatic imine (C=N–C) groups is 1. The van der Waals surface area contributed by atoms with Crippen LogP contribution in [0.15, 0.2) is 47.3 Å². The quantitative estimate of drug-likeness (QED) is 0.868. The van der Waals surface area contributed by atoms with Gasteiger partial charge < -0.3 is 10.5 Å². The predicted molar refractivity (Wildman–Crippen MR) is 73.6 cm³/mol. The van der Waals surface area contributed by atoms with Crippen LogP contribution in [-0.4, -0.2) is 17.7 Å². The number of hydrogen-bond donors (Lipinski definition) is 1. The van der Waals surface area contributed by atoms with Gasteiger partial charge in [-0.1, -0.05) is 19.9 Å². The maximum absolute atomic E-state index is 5.78. The third-order valence-corrected chi connectivity index (χ3v) is 2.43. The highest BCUT2D eigenvalue weighted by Gasteiger charge is 2.14. The fourth-order valence-corrected chi connectivity index (χ4v) is 1.62. The van der Waals surface area contributed by atoms with Crippen molar-refractivity contribution >= 4 is 12.0 Å². The largest absolute Gasteiger partial charge is 0.456 e. The van der Waals surface area contributed by atoms with Gasteiger partial charge >= 0.3 is 0 Å². The molecule has 18 heavy (non-hydrogen) atoms. The van der Waals surface area contributed by atoms with E-state index in [9.17, 15) is 0 Å². The van der Waals surface area contributed by atoms with Gasteiger partial charge in [-0.15, -0.1) is 0 Å². The Hall–Kier alpha value is -2.10. The third kappa shape index (κ3) is 3.45. The minimum Gasteiger partial charge on any atom is -0.456 e. The van der Waals surface area contributed by atoms with E-state index in [-0.39, 0.29) is 5.41 Å². The van der Waals surface area contributed by atoms with E-state index in [0.29, 0.717) is 18.1 Å². The molecular weight excluding hydrogens is 226 g/mol. The molecule has 4 heteroatoms. The van der Waals surface area contributed by atoms with E-state index in [0.717, 1.165) is 5.76 Å². The Labute approximate surface area is 107 Å². The van der Waals surface area contributed by atoms with Crippen molar-refractivity contribution in [2.45, 2.75) is 13.8 Å². The number of nitrogens with zero attached hydrogens (tertiary/aromatic N) is 2. The lowest BCUT2D eigenvalue weighted by atomic mass is 9.93. The SMILES string of the molecule is CC1(C)C=NC/C=C\C(Oc2ccc(N)nc2)=C/1. The summed E-state index contributed by atoms with van der Waals surface area (Å²) in [4.78, 5) is 8.29. The number of hydrogen-bond acceptors (Lipinski definition) is 4. The first-order chi connectivity index (χ1) is 8.55. The summed E-state index contributed by atoms with van der Waals surface area (Å²) in [5.74, 6) is 1.95. The van der Waals surface area contributed by atoms with Crippen LogP contribution >= 0.6 is 0 Å². The van der Waals surface area contributed by atoms with Crippen molar-refractivity contribution in [1.29, 1.82) is 0 Å². The highest BCUT2D eigenvalue weighted by molar-refractivity contribution is 5.68. The highest BCUT2D eigenvalue weighted by Crippen LogP contribution is 2.21. The summed E-state index contributed by atoms with van der Waals surface area (Å²) >= 11 is 0. The summed E-state index contributed by atoms with van der Waals surface area (Å²) in [6, 6.07) is 3.52. The number of pyridine rings is 1. The number of nitrogens with two attached hydrogens (primary N) is 1. The van der Waals surface area contributed by atoms with Crippen molar-refractivity contribution in [3.63, 3.8) is 0 Å². The van der Waals surface area contributed by atoms with Gasteiger partial charge in [-0.25, -0.2) is 4.98 Å².